The molecule has 1 rings (SSSR count). The number of nitrogens with two attached hydrogens (primary N) is 2. The van der Waals surface area contributed by atoms with Crippen LogP contribution in [0.25, 0.3) is 0 Å². The van der Waals surface area contributed by atoms with Crippen molar-refractivity contribution in [3.05, 3.63) is 35.9 Å². The minimum Gasteiger partial charge on any atom is -0.475 e. The lowest BCUT2D eigenvalue weighted by atomic mass is 10.1. The molecule has 9 N–H and O–H groups in total. The molecule has 0 heterocycles. The van der Waals surface area contributed by atoms with Crippen molar-refractivity contribution in [2.45, 2.75) is 56.9 Å². The minimum atomic E-state index is -5.08. The molecule has 0 fully saturated rings. The predicted octanol–water partition coefficient (Wildman–Crippen LogP) is -0.555. The Bertz CT molecular complexity index is 897. The summed E-state index contributed by atoms with van der Waals surface area (Å²) in [6.45, 7) is 2.01. The van der Waals surface area contributed by atoms with Crippen LogP contribution in [0.3, 0.4) is 0 Å². The van der Waals surface area contributed by atoms with Crippen LogP contribution in [-0.4, -0.2) is 84.2 Å². The fraction of sp³-hybridized carbons (Fsp3) is 0.522. The summed E-state index contributed by atoms with van der Waals surface area (Å²) in [5.41, 5.74) is 11.7. The van der Waals surface area contributed by atoms with Crippen molar-refractivity contribution in [1.82, 2.24) is 16.0 Å². The molecule has 1 aromatic carbocycles. The third-order valence-corrected chi connectivity index (χ3v) is 4.83. The molecule has 0 aromatic heterocycles. The van der Waals surface area contributed by atoms with Gasteiger partial charge in [0.05, 0.1) is 12.6 Å². The Morgan fingerprint density at radius 3 is 2.18 bits per heavy atom. The van der Waals surface area contributed by atoms with Gasteiger partial charge in [-0.05, 0) is 44.7 Å². The van der Waals surface area contributed by atoms with E-state index in [1.54, 1.807) is 0 Å². The van der Waals surface area contributed by atoms with E-state index in [-0.39, 0.29) is 5.96 Å². The van der Waals surface area contributed by atoms with Crippen molar-refractivity contribution in [2.24, 2.45) is 16.5 Å². The number of hydrogen-bond acceptors (Lipinski definition) is 7. The van der Waals surface area contributed by atoms with Gasteiger partial charge in [-0.3, -0.25) is 14.6 Å². The molecule has 0 bridgehead atoms. The summed E-state index contributed by atoms with van der Waals surface area (Å²) < 4.78 is 31.7. The van der Waals surface area contributed by atoms with E-state index in [0.717, 1.165) is 12.8 Å². The summed E-state index contributed by atoms with van der Waals surface area (Å²) in [4.78, 5) is 48.5. The number of aliphatic hydroxyl groups excluding tert-OH is 1. The molecule has 12 nitrogen and oxygen atoms in total. The van der Waals surface area contributed by atoms with E-state index in [2.05, 4.69) is 20.9 Å². The maximum absolute atomic E-state index is 12.4. The molecule has 0 aliphatic carbocycles. The van der Waals surface area contributed by atoms with Crippen molar-refractivity contribution in [1.29, 1.82) is 0 Å². The van der Waals surface area contributed by atoms with E-state index in [1.807, 2.05) is 30.3 Å². The van der Waals surface area contributed by atoms with Crippen molar-refractivity contribution < 1.29 is 42.6 Å². The van der Waals surface area contributed by atoms with Crippen LogP contribution in [0.4, 0.5) is 13.2 Å². The van der Waals surface area contributed by atoms with Gasteiger partial charge in [0.1, 0.15) is 18.4 Å². The van der Waals surface area contributed by atoms with Crippen LogP contribution in [0.15, 0.2) is 35.3 Å². The normalized spacial score (nSPS) is 13.1. The number of aliphatic carboxylic acids is 1. The number of carbonyl (C=O) groups excluding carboxylic acids is 3. The molecule has 1 aromatic rings. The zero-order valence-corrected chi connectivity index (χ0v) is 20.9. The van der Waals surface area contributed by atoms with Crippen molar-refractivity contribution in [3.8, 4) is 0 Å². The number of benzene rings is 1. The fourth-order valence-electron chi connectivity index (χ4n) is 2.83. The van der Waals surface area contributed by atoms with E-state index in [9.17, 15) is 32.7 Å². The number of aliphatic hydroxyl groups is 1. The van der Waals surface area contributed by atoms with Gasteiger partial charge in [-0.15, -0.1) is 0 Å². The Balaban J connectivity index is 0.00000171. The number of carbonyl (C=O) groups is 4. The summed E-state index contributed by atoms with van der Waals surface area (Å²) in [6.07, 6.45) is -1.92. The SMILES string of the molecule is C[C@H](NC(=O)[C@@H](CO)NCCCc1ccccc1)C(=O)N[C@H](C=O)CCCN=C(N)N.O=C(O)C(F)(F)F. The number of nitrogens with one attached hydrogen (secondary N) is 3. The number of carboxylic acid groups (broad SMARTS) is 1. The van der Waals surface area contributed by atoms with E-state index >= 15 is 0 Å². The molecule has 0 radical (unpaired) electrons. The van der Waals surface area contributed by atoms with Crippen molar-refractivity contribution in [2.75, 3.05) is 19.7 Å². The number of aldehydes is 1. The van der Waals surface area contributed by atoms with Gasteiger partial charge in [0.15, 0.2) is 5.96 Å². The second-order valence-electron chi connectivity index (χ2n) is 8.01. The van der Waals surface area contributed by atoms with Gasteiger partial charge in [-0.2, -0.15) is 13.2 Å². The smallest absolute Gasteiger partial charge is 0.475 e. The summed E-state index contributed by atoms with van der Waals surface area (Å²) in [6, 6.07) is 7.56. The van der Waals surface area contributed by atoms with E-state index in [4.69, 9.17) is 21.4 Å². The number of halogens is 3. The van der Waals surface area contributed by atoms with E-state index in [1.165, 1.54) is 12.5 Å². The molecule has 0 aliphatic rings. The van der Waals surface area contributed by atoms with Gasteiger partial charge in [-0.25, -0.2) is 4.79 Å². The number of aliphatic imine (C=N–C) groups is 1. The Morgan fingerprint density at radius 1 is 1.08 bits per heavy atom. The third-order valence-electron chi connectivity index (χ3n) is 4.83. The first-order valence-electron chi connectivity index (χ1n) is 11.6. The van der Waals surface area contributed by atoms with Crippen LogP contribution in [0.5, 0.6) is 0 Å². The van der Waals surface area contributed by atoms with Crippen LogP contribution in [0, 0.1) is 0 Å². The average Bonchev–Trinajstić information content (AvgIpc) is 2.85. The molecule has 0 saturated heterocycles. The summed E-state index contributed by atoms with van der Waals surface area (Å²) >= 11 is 0. The van der Waals surface area contributed by atoms with Crippen LogP contribution < -0.4 is 27.4 Å². The second-order valence-corrected chi connectivity index (χ2v) is 8.01. The highest BCUT2D eigenvalue weighted by atomic mass is 19.4. The lowest BCUT2D eigenvalue weighted by molar-refractivity contribution is -0.192. The Morgan fingerprint density at radius 2 is 1.68 bits per heavy atom. The summed E-state index contributed by atoms with van der Waals surface area (Å²) in [7, 11) is 0. The standard InChI is InChI=1S/C21H34N6O4.C2HF3O2/c1-15(19(30)27-17(13-28)10-6-12-25-21(22)23)26-20(31)18(14-29)24-11-5-9-16-7-3-2-4-8-16;3-2(4,5)1(6)7/h2-4,7-8,13,15,17-18,24,29H,5-6,9-12,14H2,1H3,(H,26,31)(H,27,30)(H4,22,23,25);(H,6,7)/t15-,17-,18+;/m0./s1. The molecule has 0 unspecified atom stereocenters. The van der Waals surface area contributed by atoms with Crippen molar-refractivity contribution >= 4 is 30.0 Å². The molecule has 0 saturated carbocycles. The molecule has 214 valence electrons. The van der Waals surface area contributed by atoms with Gasteiger partial charge < -0.3 is 42.4 Å². The second kappa shape index (κ2) is 18.5. The zero-order chi connectivity index (χ0) is 29.1. The first kappa shape index (κ1) is 34.3. The fourth-order valence-corrected chi connectivity index (χ4v) is 2.83. The Hall–Kier alpha value is -3.72. The maximum Gasteiger partial charge on any atom is 0.490 e. The molecular formula is C23H35F3N6O6. The third kappa shape index (κ3) is 16.1. The average molecular weight is 549 g/mol. The van der Waals surface area contributed by atoms with Crippen LogP contribution in [0.1, 0.15) is 31.7 Å². The van der Waals surface area contributed by atoms with Gasteiger partial charge in [0.25, 0.3) is 0 Å². The quantitative estimate of drug-likeness (QED) is 0.0648. The molecule has 0 spiro atoms. The van der Waals surface area contributed by atoms with Gasteiger partial charge in [0, 0.05) is 6.54 Å². The Kier molecular flexibility index (Phi) is 16.7. The molecule has 38 heavy (non-hydrogen) atoms. The number of alkyl halides is 3. The highest BCUT2D eigenvalue weighted by Crippen LogP contribution is 2.13. The number of amides is 2. The van der Waals surface area contributed by atoms with Gasteiger partial charge >= 0.3 is 12.1 Å². The van der Waals surface area contributed by atoms with Crippen LogP contribution in [-0.2, 0) is 25.6 Å². The van der Waals surface area contributed by atoms with Crippen molar-refractivity contribution in [3.63, 3.8) is 0 Å². The van der Waals surface area contributed by atoms with Gasteiger partial charge in [-0.1, -0.05) is 30.3 Å². The largest absolute Gasteiger partial charge is 0.490 e. The molecule has 3 atom stereocenters. The highest BCUT2D eigenvalue weighted by molar-refractivity contribution is 5.90. The maximum atomic E-state index is 12.4. The predicted molar refractivity (Wildman–Crippen MR) is 133 cm³/mol. The molecule has 2 amide bonds. The number of guanidine groups is 1. The lowest BCUT2D eigenvalue weighted by Crippen LogP contribution is -2.54. The zero-order valence-electron chi connectivity index (χ0n) is 20.9. The number of hydrogen-bond donors (Lipinski definition) is 7. The topological polar surface area (TPSA) is 209 Å². The van der Waals surface area contributed by atoms with E-state index < -0.39 is 48.7 Å². The van der Waals surface area contributed by atoms with Gasteiger partial charge in [0.2, 0.25) is 11.8 Å². The van der Waals surface area contributed by atoms with Crippen LogP contribution in [0.2, 0.25) is 0 Å². The first-order chi connectivity index (χ1) is 17.8. The van der Waals surface area contributed by atoms with Crippen LogP contribution >= 0.6 is 0 Å². The molecular weight excluding hydrogens is 513 g/mol. The minimum absolute atomic E-state index is 0.0323. The highest BCUT2D eigenvalue weighted by Gasteiger charge is 2.38. The number of rotatable bonds is 15. The summed E-state index contributed by atoms with van der Waals surface area (Å²) in [5, 5.41) is 24.8. The Labute approximate surface area is 218 Å². The molecule has 0 aliphatic heterocycles. The number of nitrogens with zero attached hydrogens (tertiary/aromatic N) is 1. The monoisotopic (exact) mass is 548 g/mol. The summed E-state index contributed by atoms with van der Waals surface area (Å²) in [5.74, 6) is -3.77. The van der Waals surface area contributed by atoms with E-state index in [0.29, 0.717) is 32.2 Å². The lowest BCUT2D eigenvalue weighted by Gasteiger charge is -2.21. The molecule has 15 heteroatoms. The first-order valence-corrected chi connectivity index (χ1v) is 11.6. The number of aryl methyl sites for hydroxylation is 1. The number of carboxylic acids is 1.